The van der Waals surface area contributed by atoms with Gasteiger partial charge in [-0.25, -0.2) is 9.97 Å². The summed E-state index contributed by atoms with van der Waals surface area (Å²) in [5, 5.41) is 2.91. The van der Waals surface area contributed by atoms with E-state index >= 15 is 0 Å². The maximum atomic E-state index is 13.7. The van der Waals surface area contributed by atoms with Crippen molar-refractivity contribution in [1.82, 2.24) is 14.5 Å². The van der Waals surface area contributed by atoms with Crippen molar-refractivity contribution in [2.75, 3.05) is 38.5 Å². The van der Waals surface area contributed by atoms with Gasteiger partial charge in [0.15, 0.2) is 11.5 Å². The van der Waals surface area contributed by atoms with Gasteiger partial charge in [-0.2, -0.15) is 0 Å². The third-order valence-electron chi connectivity index (χ3n) is 8.39. The highest BCUT2D eigenvalue weighted by molar-refractivity contribution is 6.04. The van der Waals surface area contributed by atoms with Crippen molar-refractivity contribution in [3.63, 3.8) is 0 Å². The van der Waals surface area contributed by atoms with Crippen LogP contribution in [0.5, 0.6) is 11.5 Å². The molecule has 3 aromatic carbocycles. The van der Waals surface area contributed by atoms with E-state index in [0.717, 1.165) is 48.3 Å². The number of ether oxygens (including phenoxy) is 3. The normalized spacial score (nSPS) is 13.3. The summed E-state index contributed by atoms with van der Waals surface area (Å²) >= 11 is 0. The van der Waals surface area contributed by atoms with Crippen molar-refractivity contribution in [3.05, 3.63) is 107 Å². The second-order valence-electron chi connectivity index (χ2n) is 11.6. The number of nitrogens with two attached hydrogens (primary N) is 1. The van der Waals surface area contributed by atoms with E-state index in [0.29, 0.717) is 46.6 Å². The number of hydrogen-bond donors (Lipinski definition) is 2. The minimum atomic E-state index is -0.479. The van der Waals surface area contributed by atoms with Crippen LogP contribution in [0.15, 0.2) is 90.1 Å². The summed E-state index contributed by atoms with van der Waals surface area (Å²) in [7, 11) is 3.16. The first-order chi connectivity index (χ1) is 22.8. The van der Waals surface area contributed by atoms with Gasteiger partial charge in [-0.1, -0.05) is 42.0 Å². The lowest BCUT2D eigenvalue weighted by Gasteiger charge is -2.23. The van der Waals surface area contributed by atoms with Crippen LogP contribution in [-0.2, 0) is 11.3 Å². The average molecular weight is 632 g/mol. The third-order valence-corrected chi connectivity index (χ3v) is 8.39. The van der Waals surface area contributed by atoms with Crippen LogP contribution in [0.1, 0.15) is 28.8 Å². The molecule has 0 atom stereocenters. The molecule has 1 aliphatic rings. The van der Waals surface area contributed by atoms with E-state index in [1.165, 1.54) is 0 Å². The fraction of sp³-hybridized carbons (Fsp3) is 0.243. The first-order valence-corrected chi connectivity index (χ1v) is 15.5. The number of hydrogen-bond acceptors (Lipinski definition) is 8. The van der Waals surface area contributed by atoms with Crippen LogP contribution in [0.4, 0.5) is 11.5 Å². The van der Waals surface area contributed by atoms with E-state index in [9.17, 15) is 9.59 Å². The second-order valence-corrected chi connectivity index (χ2v) is 11.6. The van der Waals surface area contributed by atoms with Crippen molar-refractivity contribution in [1.29, 1.82) is 0 Å². The van der Waals surface area contributed by atoms with Crippen molar-refractivity contribution >= 4 is 17.4 Å². The summed E-state index contributed by atoms with van der Waals surface area (Å²) in [6.45, 7) is 4.13. The Balaban J connectivity index is 1.26. The van der Waals surface area contributed by atoms with Crippen LogP contribution >= 0.6 is 0 Å². The van der Waals surface area contributed by atoms with Gasteiger partial charge in [-0.15, -0.1) is 0 Å². The molecule has 1 saturated heterocycles. The number of methoxy groups -OCH3 is 2. The molecule has 6 rings (SSSR count). The van der Waals surface area contributed by atoms with Crippen LogP contribution in [-0.4, -0.2) is 47.9 Å². The summed E-state index contributed by atoms with van der Waals surface area (Å²) in [6, 6.07) is 20.4. The monoisotopic (exact) mass is 631 g/mol. The molecule has 240 valence electrons. The number of nitrogens with zero attached hydrogens (tertiary/aromatic N) is 3. The smallest absolute Gasteiger partial charge is 0.261 e. The molecule has 0 radical (unpaired) electrons. The molecule has 3 N–H and O–H groups in total. The number of rotatable bonds is 9. The number of aryl methyl sites for hydroxylation is 1. The molecule has 3 heterocycles. The molecule has 5 aromatic rings. The standard InChI is InChI=1S/C37H37N5O5/c1-23-4-6-25(7-5-23)29-21-42(20-24-14-16-47-17-15-24)22-30(35(29)43)37(44)40-28-11-8-26(9-12-28)34-36(38)39-19-31(41-34)27-10-13-32(45-2)33(18-27)46-3/h4-13,18-19,21-22,24H,14-17,20H2,1-3H3,(H2,38,39)(H,40,44). The molecule has 0 unspecified atom stereocenters. The fourth-order valence-electron chi connectivity index (χ4n) is 5.72. The van der Waals surface area contributed by atoms with Crippen molar-refractivity contribution in [2.24, 2.45) is 5.92 Å². The van der Waals surface area contributed by atoms with Crippen LogP contribution in [0, 0.1) is 12.8 Å². The van der Waals surface area contributed by atoms with Gasteiger partial charge in [0.1, 0.15) is 17.1 Å². The highest BCUT2D eigenvalue weighted by Crippen LogP contribution is 2.33. The molecule has 47 heavy (non-hydrogen) atoms. The summed E-state index contributed by atoms with van der Waals surface area (Å²) in [6.07, 6.45) is 7.00. The number of pyridine rings is 1. The predicted molar refractivity (Wildman–Crippen MR) is 183 cm³/mol. The first kappa shape index (κ1) is 31.5. The van der Waals surface area contributed by atoms with E-state index in [-0.39, 0.29) is 16.8 Å². The topological polar surface area (TPSA) is 131 Å². The SMILES string of the molecule is COc1ccc(-c2cnc(N)c(-c3ccc(NC(=O)c4cn(CC5CCOCC5)cc(-c5ccc(C)cc5)c4=O)cc3)n2)cc1OC. The Kier molecular flexibility index (Phi) is 9.30. The van der Waals surface area contributed by atoms with Gasteiger partial charge in [0, 0.05) is 54.5 Å². The van der Waals surface area contributed by atoms with Gasteiger partial charge in [0.2, 0.25) is 5.43 Å². The van der Waals surface area contributed by atoms with Gasteiger partial charge >= 0.3 is 0 Å². The summed E-state index contributed by atoms with van der Waals surface area (Å²) < 4.78 is 18.3. The van der Waals surface area contributed by atoms with Crippen molar-refractivity contribution in [3.8, 4) is 45.1 Å². The number of aromatic nitrogens is 3. The zero-order valence-corrected chi connectivity index (χ0v) is 26.7. The lowest BCUT2D eigenvalue weighted by Crippen LogP contribution is -2.26. The van der Waals surface area contributed by atoms with E-state index < -0.39 is 5.91 Å². The van der Waals surface area contributed by atoms with Crippen LogP contribution in [0.3, 0.4) is 0 Å². The molecule has 1 amide bonds. The maximum Gasteiger partial charge on any atom is 0.261 e. The zero-order valence-electron chi connectivity index (χ0n) is 26.7. The highest BCUT2D eigenvalue weighted by atomic mass is 16.5. The Morgan fingerprint density at radius 3 is 2.32 bits per heavy atom. The number of benzene rings is 3. The second kappa shape index (κ2) is 13.9. The highest BCUT2D eigenvalue weighted by Gasteiger charge is 2.20. The minimum absolute atomic E-state index is 0.0805. The van der Waals surface area contributed by atoms with Crippen molar-refractivity contribution < 1.29 is 19.0 Å². The average Bonchev–Trinajstić information content (AvgIpc) is 3.10. The van der Waals surface area contributed by atoms with E-state index in [1.807, 2.05) is 54.1 Å². The summed E-state index contributed by atoms with van der Waals surface area (Å²) in [5.74, 6) is 1.38. The quantitative estimate of drug-likeness (QED) is 0.196. The number of amides is 1. The van der Waals surface area contributed by atoms with E-state index in [1.54, 1.807) is 56.9 Å². The molecular weight excluding hydrogens is 594 g/mol. The largest absolute Gasteiger partial charge is 0.493 e. The Bertz CT molecular complexity index is 1950. The summed E-state index contributed by atoms with van der Waals surface area (Å²) in [5.41, 5.74) is 11.5. The maximum absolute atomic E-state index is 13.7. The molecule has 0 spiro atoms. The minimum Gasteiger partial charge on any atom is -0.493 e. The molecule has 0 aliphatic carbocycles. The Morgan fingerprint density at radius 2 is 1.62 bits per heavy atom. The van der Waals surface area contributed by atoms with Crippen LogP contribution in [0.25, 0.3) is 33.6 Å². The predicted octanol–water partition coefficient (Wildman–Crippen LogP) is 6.23. The van der Waals surface area contributed by atoms with Gasteiger partial charge in [-0.05, 0) is 61.6 Å². The Labute approximate surface area is 273 Å². The van der Waals surface area contributed by atoms with E-state index in [2.05, 4.69) is 10.3 Å². The molecule has 1 aliphatic heterocycles. The van der Waals surface area contributed by atoms with Crippen molar-refractivity contribution in [2.45, 2.75) is 26.3 Å². The number of nitrogens with one attached hydrogen (secondary N) is 1. The lowest BCUT2D eigenvalue weighted by atomic mass is 9.99. The molecule has 10 heteroatoms. The first-order valence-electron chi connectivity index (χ1n) is 15.5. The van der Waals surface area contributed by atoms with Gasteiger partial charge < -0.3 is 29.8 Å². The molecule has 0 bridgehead atoms. The molecular formula is C37H37N5O5. The summed E-state index contributed by atoms with van der Waals surface area (Å²) in [4.78, 5) is 36.5. The molecule has 2 aromatic heterocycles. The Morgan fingerprint density at radius 1 is 0.936 bits per heavy atom. The molecule has 1 fully saturated rings. The lowest BCUT2D eigenvalue weighted by molar-refractivity contribution is 0.0612. The Hall–Kier alpha value is -5.48. The number of anilines is 2. The number of carbonyl (C=O) groups is 1. The molecule has 10 nitrogen and oxygen atoms in total. The van der Waals surface area contributed by atoms with Gasteiger partial charge in [0.05, 0.1) is 26.1 Å². The van der Waals surface area contributed by atoms with E-state index in [4.69, 9.17) is 24.9 Å². The zero-order chi connectivity index (χ0) is 32.9. The van der Waals surface area contributed by atoms with Gasteiger partial charge in [0.25, 0.3) is 5.91 Å². The van der Waals surface area contributed by atoms with Gasteiger partial charge in [-0.3, -0.25) is 9.59 Å². The van der Waals surface area contributed by atoms with Crippen LogP contribution < -0.4 is 26.0 Å². The van der Waals surface area contributed by atoms with Crippen LogP contribution in [0.2, 0.25) is 0 Å². The third kappa shape index (κ3) is 7.02. The molecule has 0 saturated carbocycles. The fourth-order valence-corrected chi connectivity index (χ4v) is 5.72. The number of carbonyl (C=O) groups excluding carboxylic acids is 1. The number of nitrogen functional groups attached to an aromatic ring is 1.